The van der Waals surface area contributed by atoms with Crippen molar-refractivity contribution in [3.8, 4) is 0 Å². The first-order chi connectivity index (χ1) is 4.97. The molecule has 1 aliphatic rings. The van der Waals surface area contributed by atoms with Gasteiger partial charge in [-0.25, -0.2) is 0 Å². The van der Waals surface area contributed by atoms with Crippen molar-refractivity contribution in [1.29, 1.82) is 0 Å². The van der Waals surface area contributed by atoms with Crippen molar-refractivity contribution in [2.24, 2.45) is 10.8 Å². The van der Waals surface area contributed by atoms with E-state index in [-0.39, 0.29) is 0 Å². The summed E-state index contributed by atoms with van der Waals surface area (Å²) in [6, 6.07) is 0. The van der Waals surface area contributed by atoms with Crippen molar-refractivity contribution in [3.63, 3.8) is 0 Å². The molecule has 1 nitrogen and oxygen atoms in total. The van der Waals surface area contributed by atoms with Crippen LogP contribution in [0.15, 0.2) is 0 Å². The number of hydrogen-bond donors (Lipinski definition) is 0. The van der Waals surface area contributed by atoms with E-state index in [2.05, 4.69) is 27.7 Å². The first-order valence-corrected chi connectivity index (χ1v) is 4.55. The molecule has 0 N–H and O–H groups in total. The normalized spacial score (nSPS) is 22.9. The molecule has 0 saturated carbocycles. The topological polar surface area (TPSA) is 9.23 Å². The van der Waals surface area contributed by atoms with E-state index >= 15 is 0 Å². The van der Waals surface area contributed by atoms with Crippen molar-refractivity contribution in [3.05, 3.63) is 0 Å². The maximum Gasteiger partial charge on any atom is 0.0544 e. The number of ether oxygens (including phenoxy) is 1. The van der Waals surface area contributed by atoms with Crippen molar-refractivity contribution in [2.45, 2.75) is 40.5 Å². The average Bonchev–Trinajstić information content (AvgIpc) is 1.77. The van der Waals surface area contributed by atoms with Gasteiger partial charge < -0.3 is 4.74 Å². The van der Waals surface area contributed by atoms with Gasteiger partial charge in [-0.05, 0) is 18.3 Å². The summed E-state index contributed by atoms with van der Waals surface area (Å²) in [6.07, 6.45) is 2.57. The summed E-state index contributed by atoms with van der Waals surface area (Å²) >= 11 is 0. The molecule has 1 heteroatoms. The molecule has 0 bridgehead atoms. The van der Waals surface area contributed by atoms with Gasteiger partial charge in [-0.15, -0.1) is 0 Å². The van der Waals surface area contributed by atoms with E-state index in [9.17, 15) is 0 Å². The predicted molar refractivity (Wildman–Crippen MR) is 47.6 cm³/mol. The third kappa shape index (κ3) is 2.19. The van der Waals surface area contributed by atoms with Crippen LogP contribution in [0.25, 0.3) is 0 Å². The van der Waals surface area contributed by atoms with E-state index in [1.54, 1.807) is 0 Å². The van der Waals surface area contributed by atoms with Crippen molar-refractivity contribution in [2.75, 3.05) is 13.2 Å². The molecule has 0 radical (unpaired) electrons. The maximum absolute atomic E-state index is 5.28. The Morgan fingerprint density at radius 3 is 1.91 bits per heavy atom. The molecule has 0 unspecified atom stereocenters. The second-order valence-corrected chi connectivity index (χ2v) is 5.08. The molecular formula is C10H20O. The molecule has 11 heavy (non-hydrogen) atoms. The molecule has 66 valence electrons. The fourth-order valence-corrected chi connectivity index (χ4v) is 1.95. The van der Waals surface area contributed by atoms with E-state index in [1.165, 1.54) is 12.8 Å². The van der Waals surface area contributed by atoms with Gasteiger partial charge in [0.05, 0.1) is 13.2 Å². The number of rotatable bonds is 2. The van der Waals surface area contributed by atoms with Crippen LogP contribution < -0.4 is 0 Å². The zero-order valence-corrected chi connectivity index (χ0v) is 8.24. The summed E-state index contributed by atoms with van der Waals surface area (Å²) in [7, 11) is 0. The Labute approximate surface area is 70.1 Å². The molecule has 1 saturated heterocycles. The van der Waals surface area contributed by atoms with E-state index < -0.39 is 0 Å². The van der Waals surface area contributed by atoms with Gasteiger partial charge in [0.25, 0.3) is 0 Å². The Morgan fingerprint density at radius 1 is 1.27 bits per heavy atom. The molecule has 1 heterocycles. The SMILES string of the molecule is CCC1(CC(C)(C)C)COC1. The Morgan fingerprint density at radius 2 is 1.82 bits per heavy atom. The van der Waals surface area contributed by atoms with Crippen molar-refractivity contribution >= 4 is 0 Å². The van der Waals surface area contributed by atoms with Gasteiger partial charge in [-0.3, -0.25) is 0 Å². The Bertz CT molecular complexity index is 123. The lowest BCUT2D eigenvalue weighted by atomic mass is 9.71. The van der Waals surface area contributed by atoms with E-state index in [0.29, 0.717) is 10.8 Å². The van der Waals surface area contributed by atoms with Crippen LogP contribution >= 0.6 is 0 Å². The zero-order chi connectivity index (χ0) is 8.54. The van der Waals surface area contributed by atoms with Crippen LogP contribution in [0.4, 0.5) is 0 Å². The lowest BCUT2D eigenvalue weighted by molar-refractivity contribution is -0.132. The van der Waals surface area contributed by atoms with Crippen LogP contribution in [0.1, 0.15) is 40.5 Å². The predicted octanol–water partition coefficient (Wildman–Crippen LogP) is 2.85. The summed E-state index contributed by atoms with van der Waals surface area (Å²) in [4.78, 5) is 0. The lowest BCUT2D eigenvalue weighted by Gasteiger charge is -2.44. The van der Waals surface area contributed by atoms with Crippen LogP contribution in [-0.4, -0.2) is 13.2 Å². The highest BCUT2D eigenvalue weighted by Gasteiger charge is 2.39. The second kappa shape index (κ2) is 2.78. The zero-order valence-electron chi connectivity index (χ0n) is 8.24. The molecule has 0 spiro atoms. The van der Waals surface area contributed by atoms with Crippen molar-refractivity contribution < 1.29 is 4.74 Å². The summed E-state index contributed by atoms with van der Waals surface area (Å²) in [5.41, 5.74) is 0.984. The quantitative estimate of drug-likeness (QED) is 0.597. The highest BCUT2D eigenvalue weighted by atomic mass is 16.5. The molecule has 1 aliphatic heterocycles. The van der Waals surface area contributed by atoms with Crippen LogP contribution in [0.5, 0.6) is 0 Å². The second-order valence-electron chi connectivity index (χ2n) is 5.08. The Kier molecular flexibility index (Phi) is 2.29. The largest absolute Gasteiger partial charge is 0.380 e. The third-order valence-corrected chi connectivity index (χ3v) is 2.47. The van der Waals surface area contributed by atoms with E-state index in [0.717, 1.165) is 13.2 Å². The van der Waals surface area contributed by atoms with Gasteiger partial charge in [0.2, 0.25) is 0 Å². The summed E-state index contributed by atoms with van der Waals surface area (Å²) in [5, 5.41) is 0. The molecule has 1 fully saturated rings. The van der Waals surface area contributed by atoms with Gasteiger partial charge in [0.1, 0.15) is 0 Å². The smallest absolute Gasteiger partial charge is 0.0544 e. The highest BCUT2D eigenvalue weighted by molar-refractivity contribution is 4.87. The van der Waals surface area contributed by atoms with E-state index in [4.69, 9.17) is 4.74 Å². The average molecular weight is 156 g/mol. The summed E-state index contributed by atoms with van der Waals surface area (Å²) in [5.74, 6) is 0. The summed E-state index contributed by atoms with van der Waals surface area (Å²) < 4.78 is 5.28. The van der Waals surface area contributed by atoms with Crippen LogP contribution in [0, 0.1) is 10.8 Å². The minimum absolute atomic E-state index is 0.458. The number of hydrogen-bond acceptors (Lipinski definition) is 1. The van der Waals surface area contributed by atoms with Gasteiger partial charge in [0, 0.05) is 5.41 Å². The molecule has 1 rings (SSSR count). The molecular weight excluding hydrogens is 136 g/mol. The van der Waals surface area contributed by atoms with Crippen LogP contribution in [0.2, 0.25) is 0 Å². The van der Waals surface area contributed by atoms with Crippen molar-refractivity contribution in [1.82, 2.24) is 0 Å². The fourth-order valence-electron chi connectivity index (χ4n) is 1.95. The fraction of sp³-hybridized carbons (Fsp3) is 1.00. The molecule has 0 aliphatic carbocycles. The summed E-state index contributed by atoms with van der Waals surface area (Å²) in [6.45, 7) is 11.2. The minimum Gasteiger partial charge on any atom is -0.380 e. The lowest BCUT2D eigenvalue weighted by Crippen LogP contribution is -2.44. The van der Waals surface area contributed by atoms with Crippen LogP contribution in [-0.2, 0) is 4.74 Å². The van der Waals surface area contributed by atoms with Crippen LogP contribution in [0.3, 0.4) is 0 Å². The first-order valence-electron chi connectivity index (χ1n) is 4.55. The van der Waals surface area contributed by atoms with Gasteiger partial charge in [-0.1, -0.05) is 27.7 Å². The van der Waals surface area contributed by atoms with Gasteiger partial charge in [-0.2, -0.15) is 0 Å². The third-order valence-electron chi connectivity index (χ3n) is 2.47. The minimum atomic E-state index is 0.458. The highest BCUT2D eigenvalue weighted by Crippen LogP contribution is 2.41. The molecule has 0 amide bonds. The standard InChI is InChI=1S/C10H20O/c1-5-10(7-11-8-10)6-9(2,3)4/h5-8H2,1-4H3. The van der Waals surface area contributed by atoms with Gasteiger partial charge >= 0.3 is 0 Å². The van der Waals surface area contributed by atoms with Gasteiger partial charge in [0.15, 0.2) is 0 Å². The molecule has 0 aromatic rings. The molecule has 0 atom stereocenters. The Balaban J connectivity index is 2.45. The first kappa shape index (κ1) is 9.05. The maximum atomic E-state index is 5.28. The molecule has 0 aromatic carbocycles. The Hall–Kier alpha value is -0.0400. The van der Waals surface area contributed by atoms with E-state index in [1.807, 2.05) is 0 Å². The molecule has 0 aromatic heterocycles. The monoisotopic (exact) mass is 156 g/mol.